The third kappa shape index (κ3) is 9.43. The molecule has 0 aliphatic rings. The number of rotatable bonds is 4. The van der Waals surface area contributed by atoms with Gasteiger partial charge in [-0.15, -0.1) is 0 Å². The average Bonchev–Trinajstić information content (AvgIpc) is 2.13. The fourth-order valence-electron chi connectivity index (χ4n) is 0.320. The predicted molar refractivity (Wildman–Crippen MR) is 44.6 cm³/mol. The van der Waals surface area contributed by atoms with Gasteiger partial charge in [-0.2, -0.15) is 0 Å². The quantitative estimate of drug-likeness (QED) is 0.659. The highest BCUT2D eigenvalue weighted by Crippen LogP contribution is 1.98. The normalized spacial score (nSPS) is 25.5. The Morgan fingerprint density at radius 2 is 2.27 bits per heavy atom. The summed E-state index contributed by atoms with van der Waals surface area (Å²) < 4.78 is 44.4. The molecule has 3 nitrogen and oxygen atoms in total. The molecule has 0 aromatic rings. The van der Waals surface area contributed by atoms with Crippen molar-refractivity contribution < 1.29 is 18.2 Å². The van der Waals surface area contributed by atoms with Gasteiger partial charge in [0.15, 0.2) is 0 Å². The van der Waals surface area contributed by atoms with Gasteiger partial charge in [-0.05, 0) is 33.7 Å². The van der Waals surface area contributed by atoms with Gasteiger partial charge in [0.2, 0.25) is 0 Å². The standard InChI is InChI=1S/C8H17NO2/c1-8(2,3)9-6-4-5-7(10)11/h9H,4-6H2,1-3H3,(H,10,11)/i4D,5D2,6D2/hD. The Kier molecular flexibility index (Phi) is 1.54. The summed E-state index contributed by atoms with van der Waals surface area (Å²) in [5.41, 5.74) is -0.975. The van der Waals surface area contributed by atoms with E-state index in [9.17, 15) is 4.79 Å². The highest BCUT2D eigenvalue weighted by Gasteiger charge is 2.07. The van der Waals surface area contributed by atoms with Crippen LogP contribution in [-0.2, 0) is 4.79 Å². The Balaban J connectivity index is 5.27. The SMILES string of the molecule is [2H]C(C([2H])([2H])C(=O)O)C([2H])([2H])N([2H])C(C)(C)C. The number of aliphatic carboxylic acids is 1. The van der Waals surface area contributed by atoms with Gasteiger partial charge in [0.05, 0.1) is 0 Å². The second kappa shape index (κ2) is 4.34. The molecule has 0 bridgehead atoms. The lowest BCUT2D eigenvalue weighted by Gasteiger charge is -2.19. The molecule has 0 spiro atoms. The second-order valence-corrected chi connectivity index (χ2v) is 3.01. The Bertz CT molecular complexity index is 301. The van der Waals surface area contributed by atoms with Crippen molar-refractivity contribution in [2.24, 2.45) is 0 Å². The Hall–Kier alpha value is -0.570. The van der Waals surface area contributed by atoms with E-state index in [0.717, 1.165) is 0 Å². The van der Waals surface area contributed by atoms with Crippen LogP contribution >= 0.6 is 0 Å². The first-order chi connectivity index (χ1) is 7.25. The van der Waals surface area contributed by atoms with Gasteiger partial charge in [-0.25, -0.2) is 0 Å². The lowest BCUT2D eigenvalue weighted by atomic mass is 10.1. The summed E-state index contributed by atoms with van der Waals surface area (Å²) in [5, 5.41) is 9.03. The van der Waals surface area contributed by atoms with E-state index in [-0.39, 0.29) is 0 Å². The molecule has 0 aromatic heterocycles. The molecule has 0 aliphatic heterocycles. The van der Waals surface area contributed by atoms with Gasteiger partial charge in [0, 0.05) is 18.8 Å². The van der Waals surface area contributed by atoms with Crippen LogP contribution in [0.2, 0.25) is 1.41 Å². The molecule has 1 unspecified atom stereocenters. The fourth-order valence-corrected chi connectivity index (χ4v) is 0.320. The third-order valence-corrected chi connectivity index (χ3v) is 0.660. The lowest BCUT2D eigenvalue weighted by Crippen LogP contribution is -2.36. The largest absolute Gasteiger partial charge is 0.481 e. The number of hydrogen-bond donors (Lipinski definition) is 2. The molecule has 11 heavy (non-hydrogen) atoms. The van der Waals surface area contributed by atoms with Gasteiger partial charge in [0.1, 0.15) is 1.41 Å². The summed E-state index contributed by atoms with van der Waals surface area (Å²) in [6, 6.07) is 0. The van der Waals surface area contributed by atoms with E-state index in [4.69, 9.17) is 13.4 Å². The molecule has 3 heteroatoms. The number of carbonyl (C=O) groups is 1. The molecule has 0 fully saturated rings. The van der Waals surface area contributed by atoms with Crippen LogP contribution in [0, 0.1) is 0 Å². The van der Waals surface area contributed by atoms with Crippen LogP contribution in [0.1, 0.15) is 40.4 Å². The van der Waals surface area contributed by atoms with Crippen molar-refractivity contribution in [3.63, 3.8) is 0 Å². The zero-order chi connectivity index (χ0) is 14.2. The summed E-state index contributed by atoms with van der Waals surface area (Å²) in [6.07, 6.45) is -5.29. The van der Waals surface area contributed by atoms with Gasteiger partial charge < -0.3 is 10.4 Å². The molecule has 0 rings (SSSR count). The minimum absolute atomic E-state index is 0.415. The first kappa shape index (κ1) is 3.90. The zero-order valence-corrected chi connectivity index (χ0v) is 6.88. The molecular weight excluding hydrogens is 142 g/mol. The average molecular weight is 165 g/mol. The Labute approximate surface area is 76.3 Å². The maximum atomic E-state index is 10.6. The van der Waals surface area contributed by atoms with E-state index >= 15 is 0 Å². The second-order valence-electron chi connectivity index (χ2n) is 3.01. The minimum atomic E-state index is -3.06. The summed E-state index contributed by atoms with van der Waals surface area (Å²) in [7, 11) is 0. The van der Waals surface area contributed by atoms with Crippen LogP contribution in [-0.4, -0.2) is 23.1 Å². The fraction of sp³-hybridized carbons (Fsp3) is 0.875. The van der Waals surface area contributed by atoms with Crippen molar-refractivity contribution in [1.82, 2.24) is 5.31 Å². The van der Waals surface area contributed by atoms with Gasteiger partial charge in [-0.1, -0.05) is 0 Å². The van der Waals surface area contributed by atoms with Crippen molar-refractivity contribution in [3.8, 4) is 0 Å². The van der Waals surface area contributed by atoms with Crippen LogP contribution in [0.3, 0.4) is 0 Å². The van der Waals surface area contributed by atoms with E-state index < -0.39 is 30.8 Å². The van der Waals surface area contributed by atoms with Crippen LogP contribution in [0.4, 0.5) is 0 Å². The first-order valence-electron chi connectivity index (χ1n) is 6.23. The van der Waals surface area contributed by atoms with Crippen molar-refractivity contribution in [2.75, 3.05) is 6.50 Å². The minimum Gasteiger partial charge on any atom is -0.481 e. The summed E-state index contributed by atoms with van der Waals surface area (Å²) >= 11 is 0. The molecule has 0 radical (unpaired) electrons. The molecule has 2 N–H and O–H groups in total. The molecule has 0 aliphatic carbocycles. The molecule has 0 heterocycles. The van der Waals surface area contributed by atoms with Crippen LogP contribution in [0.15, 0.2) is 0 Å². The maximum absolute atomic E-state index is 10.6. The molecule has 0 saturated carbocycles. The summed E-state index contributed by atoms with van der Waals surface area (Å²) in [4.78, 5) is 10.6. The van der Waals surface area contributed by atoms with Crippen LogP contribution in [0.25, 0.3) is 0 Å². The topological polar surface area (TPSA) is 49.3 Å². The Morgan fingerprint density at radius 3 is 2.64 bits per heavy atom. The smallest absolute Gasteiger partial charge is 0.303 e. The summed E-state index contributed by atoms with van der Waals surface area (Å²) in [6.45, 7) is 1.82. The third-order valence-electron chi connectivity index (χ3n) is 0.660. The van der Waals surface area contributed by atoms with E-state index in [1.54, 1.807) is 0 Å². The van der Waals surface area contributed by atoms with E-state index in [2.05, 4.69) is 0 Å². The monoisotopic (exact) mass is 165 g/mol. The summed E-state index contributed by atoms with van der Waals surface area (Å²) in [5.74, 6) is -1.91. The maximum Gasteiger partial charge on any atom is 0.303 e. The first-order valence-corrected chi connectivity index (χ1v) is 3.20. The number of carboxylic acid groups (broad SMARTS) is 1. The number of hydrogen-bond acceptors (Lipinski definition) is 2. The molecule has 0 saturated heterocycles. The van der Waals surface area contributed by atoms with Crippen molar-refractivity contribution in [3.05, 3.63) is 0 Å². The van der Waals surface area contributed by atoms with Gasteiger partial charge >= 0.3 is 5.97 Å². The Morgan fingerprint density at radius 1 is 1.73 bits per heavy atom. The lowest BCUT2D eigenvalue weighted by molar-refractivity contribution is -0.137. The van der Waals surface area contributed by atoms with E-state index in [1.165, 1.54) is 20.8 Å². The van der Waals surface area contributed by atoms with Gasteiger partial charge in [-0.3, -0.25) is 4.79 Å². The van der Waals surface area contributed by atoms with E-state index in [1.807, 2.05) is 0 Å². The molecular formula is C8H17NO2. The van der Waals surface area contributed by atoms with Crippen molar-refractivity contribution >= 4 is 5.97 Å². The van der Waals surface area contributed by atoms with Crippen LogP contribution in [0.5, 0.6) is 0 Å². The molecule has 0 aromatic carbocycles. The molecule has 66 valence electrons. The van der Waals surface area contributed by atoms with Crippen molar-refractivity contribution in [2.45, 2.75) is 39.1 Å². The molecule has 1 atom stereocenters. The number of nitrogens with one attached hydrogen (secondary N) is 1. The zero-order valence-electron chi connectivity index (χ0n) is 12.9. The predicted octanol–water partition coefficient (Wildman–Crippen LogP) is 1.24. The van der Waals surface area contributed by atoms with E-state index in [0.29, 0.717) is 5.31 Å². The molecule has 0 amide bonds. The van der Waals surface area contributed by atoms with Crippen molar-refractivity contribution in [1.29, 1.82) is 0 Å². The van der Waals surface area contributed by atoms with Crippen LogP contribution < -0.4 is 5.31 Å². The highest BCUT2D eigenvalue weighted by atomic mass is 16.4. The number of carboxylic acids is 1. The van der Waals surface area contributed by atoms with Gasteiger partial charge in [0.25, 0.3) is 0 Å². The highest BCUT2D eigenvalue weighted by molar-refractivity contribution is 5.66.